The number of carboxylic acid groups (broad SMARTS) is 1. The van der Waals surface area contributed by atoms with Gasteiger partial charge in [0.2, 0.25) is 6.79 Å². The monoisotopic (exact) mass is 462 g/mol. The number of carbonyl (C=O) groups is 3. The standard InChI is InChI=1S/C21H19ClN2O8/c22-24(13-4-2-1-3-5-13)21(28)19-18(31-11-32-19)20(27)23-14(9-17(25)26)12-6-7-15-16(8-12)30-10-29-15/h1-8,14,18-19H,9-11H2,(H,23,27)(H,25,26)/t14?,18-,19-/m1/s1. The van der Waals surface area contributed by atoms with Crippen molar-refractivity contribution in [2.24, 2.45) is 0 Å². The fourth-order valence-corrected chi connectivity index (χ4v) is 3.59. The summed E-state index contributed by atoms with van der Waals surface area (Å²) in [6.07, 6.45) is -3.00. The van der Waals surface area contributed by atoms with Crippen molar-refractivity contribution in [3.63, 3.8) is 0 Å². The van der Waals surface area contributed by atoms with E-state index in [1.54, 1.807) is 48.5 Å². The van der Waals surface area contributed by atoms with Gasteiger partial charge in [0.15, 0.2) is 23.7 Å². The molecule has 2 aliphatic heterocycles. The maximum absolute atomic E-state index is 12.9. The van der Waals surface area contributed by atoms with Gasteiger partial charge in [-0.2, -0.15) is 0 Å². The molecule has 0 bridgehead atoms. The molecule has 3 atom stereocenters. The number of aliphatic carboxylic acids is 1. The van der Waals surface area contributed by atoms with Gasteiger partial charge in [0.05, 0.1) is 18.2 Å². The first-order chi connectivity index (χ1) is 15.4. The zero-order valence-electron chi connectivity index (χ0n) is 16.6. The van der Waals surface area contributed by atoms with Crippen LogP contribution in [0.1, 0.15) is 18.0 Å². The number of benzene rings is 2. The van der Waals surface area contributed by atoms with Crippen LogP contribution in [0.5, 0.6) is 11.5 Å². The smallest absolute Gasteiger partial charge is 0.305 e. The molecule has 4 rings (SSSR count). The Bertz CT molecular complexity index is 1020. The molecule has 2 amide bonds. The van der Waals surface area contributed by atoms with Gasteiger partial charge in [-0.1, -0.05) is 24.3 Å². The molecule has 1 fully saturated rings. The van der Waals surface area contributed by atoms with Gasteiger partial charge in [-0.15, -0.1) is 0 Å². The van der Waals surface area contributed by atoms with Crippen molar-refractivity contribution in [3.05, 3.63) is 54.1 Å². The Kier molecular flexibility index (Phi) is 6.45. The minimum Gasteiger partial charge on any atom is -0.481 e. The molecular formula is C21H19ClN2O8. The molecule has 2 aliphatic rings. The maximum Gasteiger partial charge on any atom is 0.305 e. The number of anilines is 1. The Balaban J connectivity index is 1.49. The molecule has 2 aromatic rings. The number of rotatable bonds is 7. The summed E-state index contributed by atoms with van der Waals surface area (Å²) in [6.45, 7) is -0.232. The average Bonchev–Trinajstić information content (AvgIpc) is 3.47. The number of hydrogen-bond donors (Lipinski definition) is 2. The molecule has 32 heavy (non-hydrogen) atoms. The van der Waals surface area contributed by atoms with Gasteiger partial charge >= 0.3 is 5.97 Å². The van der Waals surface area contributed by atoms with Crippen LogP contribution in [0, 0.1) is 0 Å². The summed E-state index contributed by atoms with van der Waals surface area (Å²) in [5, 5.41) is 11.9. The number of halogens is 1. The Morgan fingerprint density at radius 2 is 1.75 bits per heavy atom. The molecule has 2 aromatic carbocycles. The van der Waals surface area contributed by atoms with Crippen LogP contribution >= 0.6 is 11.8 Å². The number of carbonyl (C=O) groups excluding carboxylic acids is 2. The van der Waals surface area contributed by atoms with Crippen LogP contribution in [-0.4, -0.2) is 48.7 Å². The number of para-hydroxylation sites is 1. The first-order valence-corrected chi connectivity index (χ1v) is 9.97. The molecule has 0 saturated carbocycles. The van der Waals surface area contributed by atoms with Crippen molar-refractivity contribution in [1.82, 2.24) is 5.32 Å². The third-order valence-electron chi connectivity index (χ3n) is 4.94. The van der Waals surface area contributed by atoms with E-state index in [4.69, 9.17) is 30.7 Å². The van der Waals surface area contributed by atoms with Crippen LogP contribution < -0.4 is 19.2 Å². The zero-order valence-corrected chi connectivity index (χ0v) is 17.4. The van der Waals surface area contributed by atoms with Crippen molar-refractivity contribution in [2.45, 2.75) is 24.7 Å². The molecular weight excluding hydrogens is 444 g/mol. The van der Waals surface area contributed by atoms with E-state index in [-0.39, 0.29) is 13.6 Å². The summed E-state index contributed by atoms with van der Waals surface area (Å²) >= 11 is 6.14. The van der Waals surface area contributed by atoms with Crippen molar-refractivity contribution in [1.29, 1.82) is 0 Å². The van der Waals surface area contributed by atoms with Gasteiger partial charge in [-0.25, -0.2) is 4.42 Å². The second-order valence-electron chi connectivity index (χ2n) is 7.02. The van der Waals surface area contributed by atoms with E-state index < -0.39 is 42.5 Å². The lowest BCUT2D eigenvalue weighted by atomic mass is 10.0. The Labute approximate surface area is 187 Å². The van der Waals surface area contributed by atoms with E-state index in [0.29, 0.717) is 22.7 Å². The summed E-state index contributed by atoms with van der Waals surface area (Å²) < 4.78 is 22.1. The summed E-state index contributed by atoms with van der Waals surface area (Å²) in [5.41, 5.74) is 0.896. The van der Waals surface area contributed by atoms with Crippen LogP contribution in [0.3, 0.4) is 0 Å². The number of amides is 2. The topological polar surface area (TPSA) is 124 Å². The van der Waals surface area contributed by atoms with Crippen molar-refractivity contribution < 1.29 is 38.4 Å². The van der Waals surface area contributed by atoms with Crippen molar-refractivity contribution in [3.8, 4) is 11.5 Å². The molecule has 2 heterocycles. The Hall–Kier alpha value is -3.34. The predicted molar refractivity (Wildman–Crippen MR) is 110 cm³/mol. The van der Waals surface area contributed by atoms with Gasteiger partial charge < -0.3 is 29.4 Å². The molecule has 1 saturated heterocycles. The number of hydrogen-bond acceptors (Lipinski definition) is 7. The van der Waals surface area contributed by atoms with Gasteiger partial charge in [0.25, 0.3) is 11.8 Å². The van der Waals surface area contributed by atoms with Crippen molar-refractivity contribution >= 4 is 35.2 Å². The molecule has 10 nitrogen and oxygen atoms in total. The van der Waals surface area contributed by atoms with E-state index in [9.17, 15) is 19.5 Å². The highest BCUT2D eigenvalue weighted by Gasteiger charge is 2.43. The highest BCUT2D eigenvalue weighted by atomic mass is 35.5. The largest absolute Gasteiger partial charge is 0.481 e. The van der Waals surface area contributed by atoms with E-state index in [1.165, 1.54) is 0 Å². The lowest BCUT2D eigenvalue weighted by molar-refractivity contribution is -0.139. The Morgan fingerprint density at radius 1 is 1.03 bits per heavy atom. The zero-order chi connectivity index (χ0) is 22.7. The first-order valence-electron chi connectivity index (χ1n) is 9.64. The maximum atomic E-state index is 12.9. The minimum absolute atomic E-state index is 0.0577. The third kappa shape index (κ3) is 4.62. The van der Waals surface area contributed by atoms with Gasteiger partial charge in [-0.05, 0) is 29.8 Å². The van der Waals surface area contributed by atoms with Crippen LogP contribution in [0.4, 0.5) is 5.69 Å². The summed E-state index contributed by atoms with van der Waals surface area (Å²) in [6, 6.07) is 12.4. The lowest BCUT2D eigenvalue weighted by Crippen LogP contribution is -2.48. The minimum atomic E-state index is -1.31. The van der Waals surface area contributed by atoms with E-state index >= 15 is 0 Å². The number of fused-ring (bicyclic) bond motifs is 1. The molecule has 11 heteroatoms. The fourth-order valence-electron chi connectivity index (χ4n) is 3.38. The average molecular weight is 463 g/mol. The molecule has 0 radical (unpaired) electrons. The van der Waals surface area contributed by atoms with E-state index in [0.717, 1.165) is 4.42 Å². The highest BCUT2D eigenvalue weighted by molar-refractivity contribution is 6.37. The second kappa shape index (κ2) is 9.43. The number of nitrogens with one attached hydrogen (secondary N) is 1. The van der Waals surface area contributed by atoms with Crippen LogP contribution in [0.2, 0.25) is 0 Å². The molecule has 0 aromatic heterocycles. The van der Waals surface area contributed by atoms with Crippen molar-refractivity contribution in [2.75, 3.05) is 18.0 Å². The number of ether oxygens (including phenoxy) is 4. The van der Waals surface area contributed by atoms with E-state index in [1.807, 2.05) is 0 Å². The lowest BCUT2D eigenvalue weighted by Gasteiger charge is -2.23. The second-order valence-corrected chi connectivity index (χ2v) is 7.36. The fraction of sp³-hybridized carbons (Fsp3) is 0.286. The molecule has 2 N–H and O–H groups in total. The molecule has 0 aliphatic carbocycles. The summed E-state index contributed by atoms with van der Waals surface area (Å²) in [5.74, 6) is -1.55. The van der Waals surface area contributed by atoms with Crippen LogP contribution in [-0.2, 0) is 23.9 Å². The van der Waals surface area contributed by atoms with Gasteiger partial charge in [-0.3, -0.25) is 14.4 Å². The molecule has 0 spiro atoms. The first kappa shape index (κ1) is 21.9. The third-order valence-corrected chi connectivity index (χ3v) is 5.30. The highest BCUT2D eigenvalue weighted by Crippen LogP contribution is 2.35. The van der Waals surface area contributed by atoms with Crippen LogP contribution in [0.25, 0.3) is 0 Å². The molecule has 1 unspecified atom stereocenters. The SMILES string of the molecule is O=C(O)CC(NC(=O)[C@@H]1OCO[C@H]1C(=O)N(Cl)c1ccccc1)c1ccc2c(c1)OCO2. The van der Waals surface area contributed by atoms with Gasteiger partial charge in [0.1, 0.15) is 6.79 Å². The summed E-state index contributed by atoms with van der Waals surface area (Å²) in [7, 11) is 0. The number of carboxylic acids is 1. The predicted octanol–water partition coefficient (Wildman–Crippen LogP) is 1.98. The quantitative estimate of drug-likeness (QED) is 0.599. The van der Waals surface area contributed by atoms with E-state index in [2.05, 4.69) is 5.32 Å². The number of nitrogens with zero attached hydrogens (tertiary/aromatic N) is 1. The van der Waals surface area contributed by atoms with Gasteiger partial charge in [0, 0.05) is 11.8 Å². The molecule has 168 valence electrons. The van der Waals surface area contributed by atoms with Crippen LogP contribution in [0.15, 0.2) is 48.5 Å². The Morgan fingerprint density at radius 3 is 2.50 bits per heavy atom. The summed E-state index contributed by atoms with van der Waals surface area (Å²) in [4.78, 5) is 37.1. The normalized spacial score (nSPS) is 19.9.